The number of nitrogens with zero attached hydrogens (tertiary/aromatic N) is 3. The van der Waals surface area contributed by atoms with Gasteiger partial charge in [0.05, 0.1) is 12.0 Å². The van der Waals surface area contributed by atoms with Crippen molar-refractivity contribution in [2.24, 2.45) is 0 Å². The summed E-state index contributed by atoms with van der Waals surface area (Å²) in [7, 11) is 0. The highest BCUT2D eigenvalue weighted by Crippen LogP contribution is 2.40. The number of aromatic nitrogens is 2. The lowest BCUT2D eigenvalue weighted by Gasteiger charge is -2.38. The number of hydrogen-bond donors (Lipinski definition) is 1. The van der Waals surface area contributed by atoms with E-state index in [1.165, 1.54) is 24.0 Å². The van der Waals surface area contributed by atoms with Gasteiger partial charge in [-0.3, -0.25) is 4.90 Å². The molecule has 5 nitrogen and oxygen atoms in total. The van der Waals surface area contributed by atoms with Crippen molar-refractivity contribution >= 4 is 0 Å². The molecule has 1 saturated carbocycles. The first-order chi connectivity index (χ1) is 11.6. The molecule has 1 aromatic carbocycles. The number of rotatable bonds is 5. The van der Waals surface area contributed by atoms with E-state index in [1.807, 2.05) is 0 Å². The second-order valence-electron chi connectivity index (χ2n) is 7.47. The maximum atomic E-state index is 11.0. The van der Waals surface area contributed by atoms with E-state index in [9.17, 15) is 5.11 Å². The van der Waals surface area contributed by atoms with Crippen molar-refractivity contribution in [2.75, 3.05) is 13.1 Å². The van der Waals surface area contributed by atoms with E-state index >= 15 is 0 Å². The number of benzene rings is 1. The molecule has 1 unspecified atom stereocenters. The number of aliphatic hydroxyl groups is 1. The zero-order chi connectivity index (χ0) is 16.6. The van der Waals surface area contributed by atoms with E-state index < -0.39 is 5.60 Å². The number of likely N-dealkylation sites (tertiary alicyclic amines) is 1. The van der Waals surface area contributed by atoms with Gasteiger partial charge < -0.3 is 9.63 Å². The van der Waals surface area contributed by atoms with Crippen LogP contribution >= 0.6 is 0 Å². The van der Waals surface area contributed by atoms with Gasteiger partial charge in [0.15, 0.2) is 5.82 Å². The summed E-state index contributed by atoms with van der Waals surface area (Å²) in [6, 6.07) is 8.94. The average molecular weight is 327 g/mol. The van der Waals surface area contributed by atoms with Gasteiger partial charge in [0.25, 0.3) is 0 Å². The number of aryl methyl sites for hydroxylation is 1. The van der Waals surface area contributed by atoms with Gasteiger partial charge in [-0.2, -0.15) is 4.98 Å². The van der Waals surface area contributed by atoms with E-state index in [4.69, 9.17) is 4.52 Å². The molecule has 1 aromatic heterocycles. The summed E-state index contributed by atoms with van der Waals surface area (Å²) in [5.41, 5.74) is 2.05. The van der Waals surface area contributed by atoms with Gasteiger partial charge >= 0.3 is 0 Å². The molecule has 0 amide bonds. The predicted octanol–water partition coefficient (Wildman–Crippen LogP) is 2.83. The first-order valence-electron chi connectivity index (χ1n) is 8.92. The first kappa shape index (κ1) is 15.8. The Bertz CT molecular complexity index is 710. The Kier molecular flexibility index (Phi) is 4.14. The average Bonchev–Trinajstić information content (AvgIpc) is 3.31. The van der Waals surface area contributed by atoms with Gasteiger partial charge in [-0.15, -0.1) is 0 Å². The molecule has 24 heavy (non-hydrogen) atoms. The van der Waals surface area contributed by atoms with Crippen LogP contribution in [0.25, 0.3) is 0 Å². The predicted molar refractivity (Wildman–Crippen MR) is 90.6 cm³/mol. The molecule has 2 heterocycles. The Morgan fingerprint density at radius 3 is 3.00 bits per heavy atom. The lowest BCUT2D eigenvalue weighted by atomic mass is 9.89. The molecule has 0 spiro atoms. The summed E-state index contributed by atoms with van der Waals surface area (Å²) in [4.78, 5) is 6.59. The van der Waals surface area contributed by atoms with Crippen LogP contribution in [0.1, 0.15) is 54.4 Å². The topological polar surface area (TPSA) is 62.4 Å². The van der Waals surface area contributed by atoms with Crippen LogP contribution in [0.2, 0.25) is 0 Å². The van der Waals surface area contributed by atoms with Crippen molar-refractivity contribution < 1.29 is 9.63 Å². The Labute approximate surface area is 142 Å². The zero-order valence-corrected chi connectivity index (χ0v) is 14.2. The quantitative estimate of drug-likeness (QED) is 0.915. The van der Waals surface area contributed by atoms with E-state index in [1.54, 1.807) is 6.92 Å². The lowest BCUT2D eigenvalue weighted by molar-refractivity contribution is -0.0373. The standard InChI is InChI=1S/C19H25N3O2/c1-14-20-18(24-21-14)11-19(23)8-3-9-22(13-19)12-15-4-2-5-17(10-15)16-6-7-16/h2,4-5,10,16,23H,3,6-9,11-13H2,1H3. The summed E-state index contributed by atoms with van der Waals surface area (Å²) in [5.74, 6) is 1.94. The Morgan fingerprint density at radius 1 is 1.38 bits per heavy atom. The molecule has 2 fully saturated rings. The second kappa shape index (κ2) is 6.30. The lowest BCUT2D eigenvalue weighted by Crippen LogP contribution is -2.49. The molecule has 1 aliphatic carbocycles. The molecule has 0 bridgehead atoms. The van der Waals surface area contributed by atoms with Crippen LogP contribution in [-0.4, -0.2) is 38.8 Å². The van der Waals surface area contributed by atoms with Gasteiger partial charge in [-0.25, -0.2) is 0 Å². The Morgan fingerprint density at radius 2 is 2.25 bits per heavy atom. The monoisotopic (exact) mass is 327 g/mol. The third-order valence-corrected chi connectivity index (χ3v) is 5.09. The molecule has 0 radical (unpaired) electrons. The largest absolute Gasteiger partial charge is 0.388 e. The first-order valence-corrected chi connectivity index (χ1v) is 8.92. The summed E-state index contributed by atoms with van der Waals surface area (Å²) < 4.78 is 5.20. The highest BCUT2D eigenvalue weighted by atomic mass is 16.5. The molecule has 2 aliphatic rings. The number of β-amino-alcohol motifs (C(OH)–C–C–N with tert-alkyl or cyclic N) is 1. The highest BCUT2D eigenvalue weighted by Gasteiger charge is 2.35. The molecule has 1 atom stereocenters. The third kappa shape index (κ3) is 3.68. The molecule has 2 aromatic rings. The Balaban J connectivity index is 1.41. The molecule has 1 N–H and O–H groups in total. The summed E-state index contributed by atoms with van der Waals surface area (Å²) in [6.07, 6.45) is 4.87. The smallest absolute Gasteiger partial charge is 0.229 e. The minimum absolute atomic E-state index is 0.437. The molecule has 128 valence electrons. The van der Waals surface area contributed by atoms with Crippen LogP contribution in [0.4, 0.5) is 0 Å². The fourth-order valence-electron chi connectivity index (χ4n) is 3.80. The fourth-order valence-corrected chi connectivity index (χ4v) is 3.80. The molecular weight excluding hydrogens is 302 g/mol. The van der Waals surface area contributed by atoms with Gasteiger partial charge in [-0.1, -0.05) is 29.4 Å². The molecule has 1 aliphatic heterocycles. The second-order valence-corrected chi connectivity index (χ2v) is 7.47. The van der Waals surface area contributed by atoms with E-state index in [-0.39, 0.29) is 0 Å². The van der Waals surface area contributed by atoms with Crippen LogP contribution in [0, 0.1) is 6.92 Å². The summed E-state index contributed by atoms with van der Waals surface area (Å²) in [6.45, 7) is 4.38. The fraction of sp³-hybridized carbons (Fsp3) is 0.579. The van der Waals surface area contributed by atoms with Gasteiger partial charge in [0.2, 0.25) is 5.89 Å². The maximum Gasteiger partial charge on any atom is 0.229 e. The minimum atomic E-state index is -0.772. The van der Waals surface area contributed by atoms with Gasteiger partial charge in [0, 0.05) is 13.1 Å². The Hall–Kier alpha value is -1.72. The highest BCUT2D eigenvalue weighted by molar-refractivity contribution is 5.29. The van der Waals surface area contributed by atoms with Crippen molar-refractivity contribution in [1.82, 2.24) is 15.0 Å². The number of piperidine rings is 1. The van der Waals surface area contributed by atoms with Crippen LogP contribution in [0.3, 0.4) is 0 Å². The van der Waals surface area contributed by atoms with Crippen LogP contribution in [0.15, 0.2) is 28.8 Å². The normalized spacial score (nSPS) is 25.1. The van der Waals surface area contributed by atoms with Crippen molar-refractivity contribution in [2.45, 2.75) is 57.1 Å². The van der Waals surface area contributed by atoms with E-state index in [0.29, 0.717) is 24.7 Å². The van der Waals surface area contributed by atoms with Gasteiger partial charge in [0.1, 0.15) is 0 Å². The summed E-state index contributed by atoms with van der Waals surface area (Å²) >= 11 is 0. The van der Waals surface area contributed by atoms with Crippen molar-refractivity contribution in [3.05, 3.63) is 47.1 Å². The van der Waals surface area contributed by atoms with Crippen molar-refractivity contribution in [3.8, 4) is 0 Å². The van der Waals surface area contributed by atoms with E-state index in [2.05, 4.69) is 39.3 Å². The maximum absolute atomic E-state index is 11.0. The SMILES string of the molecule is Cc1noc(CC2(O)CCCN(Cc3cccc(C4CC4)c3)C2)n1. The number of hydrogen-bond acceptors (Lipinski definition) is 5. The van der Waals surface area contributed by atoms with Crippen molar-refractivity contribution in [1.29, 1.82) is 0 Å². The van der Waals surface area contributed by atoms with Crippen molar-refractivity contribution in [3.63, 3.8) is 0 Å². The molecule has 4 rings (SSSR count). The van der Waals surface area contributed by atoms with Crippen LogP contribution in [-0.2, 0) is 13.0 Å². The summed E-state index contributed by atoms with van der Waals surface area (Å²) in [5, 5.41) is 14.8. The zero-order valence-electron chi connectivity index (χ0n) is 14.2. The van der Waals surface area contributed by atoms with Gasteiger partial charge in [-0.05, 0) is 56.2 Å². The third-order valence-electron chi connectivity index (χ3n) is 5.09. The molecule has 1 saturated heterocycles. The van der Waals surface area contributed by atoms with Crippen LogP contribution < -0.4 is 0 Å². The minimum Gasteiger partial charge on any atom is -0.388 e. The van der Waals surface area contributed by atoms with Crippen LogP contribution in [0.5, 0.6) is 0 Å². The van der Waals surface area contributed by atoms with E-state index in [0.717, 1.165) is 31.8 Å². The molecular formula is C19H25N3O2. The molecule has 5 heteroatoms.